The molecule has 0 saturated heterocycles. The monoisotopic (exact) mass is 378 g/mol. The minimum absolute atomic E-state index is 0.849. The lowest BCUT2D eigenvalue weighted by Crippen LogP contribution is -2.19. The SMILES string of the molecule is C=c1/c(=C(C)\C=C/C)oc2ccc(-c3ccc4oc5ccc(C)cc5c4c3)cc12. The first-order valence-electron chi connectivity index (χ1n) is 9.83. The van der Waals surface area contributed by atoms with Crippen LogP contribution in [0.15, 0.2) is 75.6 Å². The van der Waals surface area contributed by atoms with Crippen molar-refractivity contribution >= 4 is 45.1 Å². The van der Waals surface area contributed by atoms with Crippen LogP contribution in [0, 0.1) is 6.92 Å². The molecule has 0 spiro atoms. The van der Waals surface area contributed by atoms with E-state index in [-0.39, 0.29) is 0 Å². The van der Waals surface area contributed by atoms with Crippen molar-refractivity contribution in [3.63, 3.8) is 0 Å². The van der Waals surface area contributed by atoms with Gasteiger partial charge in [-0.05, 0) is 73.9 Å². The van der Waals surface area contributed by atoms with E-state index in [0.717, 1.165) is 60.2 Å². The molecule has 0 radical (unpaired) electrons. The van der Waals surface area contributed by atoms with Crippen LogP contribution < -0.4 is 10.6 Å². The van der Waals surface area contributed by atoms with Crippen LogP contribution in [0.3, 0.4) is 0 Å². The highest BCUT2D eigenvalue weighted by Gasteiger charge is 2.10. The average molecular weight is 378 g/mol. The second-order valence-corrected chi connectivity index (χ2v) is 7.62. The van der Waals surface area contributed by atoms with Gasteiger partial charge in [-0.2, -0.15) is 0 Å². The van der Waals surface area contributed by atoms with Gasteiger partial charge in [0.1, 0.15) is 22.2 Å². The normalized spacial score (nSPS) is 13.2. The Kier molecular flexibility index (Phi) is 3.95. The van der Waals surface area contributed by atoms with E-state index in [1.807, 2.05) is 38.1 Å². The number of fused-ring (bicyclic) bond motifs is 4. The Hall–Kier alpha value is -3.52. The third-order valence-electron chi connectivity index (χ3n) is 5.52. The molecule has 0 aliphatic heterocycles. The number of allylic oxidation sites excluding steroid dienone is 2. The molecule has 29 heavy (non-hydrogen) atoms. The second kappa shape index (κ2) is 6.52. The summed E-state index contributed by atoms with van der Waals surface area (Å²) in [6, 6.07) is 19.0. The van der Waals surface area contributed by atoms with Crippen LogP contribution in [-0.4, -0.2) is 0 Å². The van der Waals surface area contributed by atoms with Crippen LogP contribution in [0.5, 0.6) is 0 Å². The maximum absolute atomic E-state index is 6.07. The van der Waals surface area contributed by atoms with Gasteiger partial charge in [-0.25, -0.2) is 0 Å². The van der Waals surface area contributed by atoms with Crippen molar-refractivity contribution < 1.29 is 8.83 Å². The molecule has 2 aromatic heterocycles. The molecule has 2 heterocycles. The lowest BCUT2D eigenvalue weighted by atomic mass is 10.0. The minimum atomic E-state index is 0.849. The molecule has 0 fully saturated rings. The first-order chi connectivity index (χ1) is 14.0. The molecule has 0 aliphatic carbocycles. The fourth-order valence-corrected chi connectivity index (χ4v) is 4.04. The second-order valence-electron chi connectivity index (χ2n) is 7.62. The van der Waals surface area contributed by atoms with E-state index in [9.17, 15) is 0 Å². The first-order valence-corrected chi connectivity index (χ1v) is 9.83. The average Bonchev–Trinajstić information content (AvgIpc) is 3.25. The van der Waals surface area contributed by atoms with Gasteiger partial charge in [0, 0.05) is 21.4 Å². The van der Waals surface area contributed by atoms with Crippen molar-refractivity contribution in [2.45, 2.75) is 20.8 Å². The third-order valence-corrected chi connectivity index (χ3v) is 5.52. The maximum Gasteiger partial charge on any atom is 0.137 e. The number of hydrogen-bond donors (Lipinski definition) is 0. The number of benzene rings is 3. The van der Waals surface area contributed by atoms with E-state index >= 15 is 0 Å². The minimum Gasteiger partial charge on any atom is -0.456 e. The van der Waals surface area contributed by atoms with Crippen molar-refractivity contribution in [2.75, 3.05) is 0 Å². The summed E-state index contributed by atoms with van der Waals surface area (Å²) in [6.07, 6.45) is 4.06. The number of aryl methyl sites for hydroxylation is 1. The fourth-order valence-electron chi connectivity index (χ4n) is 4.04. The molecule has 3 aromatic carbocycles. The van der Waals surface area contributed by atoms with E-state index in [0.29, 0.717) is 0 Å². The topological polar surface area (TPSA) is 26.3 Å². The van der Waals surface area contributed by atoms with Crippen LogP contribution in [0.1, 0.15) is 19.4 Å². The van der Waals surface area contributed by atoms with Crippen molar-refractivity contribution in [1.29, 1.82) is 0 Å². The van der Waals surface area contributed by atoms with E-state index in [2.05, 4.69) is 56.0 Å². The van der Waals surface area contributed by atoms with Crippen LogP contribution in [0.2, 0.25) is 0 Å². The highest BCUT2D eigenvalue weighted by Crippen LogP contribution is 2.33. The first kappa shape index (κ1) is 17.6. The van der Waals surface area contributed by atoms with Gasteiger partial charge < -0.3 is 8.83 Å². The molecule has 0 bridgehead atoms. The molecule has 142 valence electrons. The van der Waals surface area contributed by atoms with Gasteiger partial charge in [-0.15, -0.1) is 0 Å². The van der Waals surface area contributed by atoms with Crippen LogP contribution >= 0.6 is 0 Å². The summed E-state index contributed by atoms with van der Waals surface area (Å²) in [5.41, 5.74) is 8.15. The molecule has 0 amide bonds. The smallest absolute Gasteiger partial charge is 0.137 e. The Balaban J connectivity index is 1.73. The molecule has 5 rings (SSSR count). The number of furan rings is 2. The van der Waals surface area contributed by atoms with Gasteiger partial charge in [-0.1, -0.05) is 42.5 Å². The zero-order valence-corrected chi connectivity index (χ0v) is 16.9. The van der Waals surface area contributed by atoms with Crippen LogP contribution in [0.25, 0.3) is 56.2 Å². The highest BCUT2D eigenvalue weighted by molar-refractivity contribution is 6.06. The Labute approximate surface area is 169 Å². The Morgan fingerprint density at radius 1 is 0.793 bits per heavy atom. The molecule has 5 aromatic rings. The zero-order valence-electron chi connectivity index (χ0n) is 16.9. The summed E-state index contributed by atoms with van der Waals surface area (Å²) in [4.78, 5) is 0. The quantitative estimate of drug-likeness (QED) is 0.352. The molecule has 0 unspecified atom stereocenters. The molecule has 0 saturated carbocycles. The van der Waals surface area contributed by atoms with E-state index < -0.39 is 0 Å². The summed E-state index contributed by atoms with van der Waals surface area (Å²) in [7, 11) is 0. The number of rotatable bonds is 2. The van der Waals surface area contributed by atoms with Crippen molar-refractivity contribution in [3.05, 3.63) is 82.9 Å². The largest absolute Gasteiger partial charge is 0.456 e. The molecular weight excluding hydrogens is 356 g/mol. The standard InChI is InChI=1S/C27H22O2/c1-5-6-17(3)27-18(4)21-14-19(8-11-24(21)29-27)20-9-12-26-23(15-20)22-13-16(2)7-10-25(22)28-26/h5-15H,4H2,1-3H3/b6-5-,27-17+. The lowest BCUT2D eigenvalue weighted by Gasteiger charge is -2.02. The van der Waals surface area contributed by atoms with E-state index in [4.69, 9.17) is 8.83 Å². The van der Waals surface area contributed by atoms with Gasteiger partial charge in [-0.3, -0.25) is 0 Å². The predicted octanol–water partition coefficient (Wildman–Crippen LogP) is 6.46. The van der Waals surface area contributed by atoms with Gasteiger partial charge >= 0.3 is 0 Å². The highest BCUT2D eigenvalue weighted by atomic mass is 16.3. The van der Waals surface area contributed by atoms with Gasteiger partial charge in [0.2, 0.25) is 0 Å². The van der Waals surface area contributed by atoms with Gasteiger partial charge in [0.05, 0.1) is 0 Å². The van der Waals surface area contributed by atoms with Crippen molar-refractivity contribution in [1.82, 2.24) is 0 Å². The van der Waals surface area contributed by atoms with Gasteiger partial charge in [0.15, 0.2) is 0 Å². The molecule has 2 nitrogen and oxygen atoms in total. The Bertz CT molecular complexity index is 1540. The molecule has 0 atom stereocenters. The van der Waals surface area contributed by atoms with Crippen LogP contribution in [-0.2, 0) is 0 Å². The van der Waals surface area contributed by atoms with Crippen molar-refractivity contribution in [3.8, 4) is 11.1 Å². The molecule has 0 N–H and O–H groups in total. The number of hydrogen-bond acceptors (Lipinski definition) is 2. The predicted molar refractivity (Wildman–Crippen MR) is 122 cm³/mol. The maximum atomic E-state index is 6.07. The molecule has 2 heteroatoms. The fraction of sp³-hybridized carbons (Fsp3) is 0.111. The van der Waals surface area contributed by atoms with Gasteiger partial charge in [0.25, 0.3) is 0 Å². The Morgan fingerprint density at radius 2 is 1.38 bits per heavy atom. The zero-order chi connectivity index (χ0) is 20.1. The Morgan fingerprint density at radius 3 is 2.07 bits per heavy atom. The molecule has 0 aliphatic rings. The summed E-state index contributed by atoms with van der Waals surface area (Å²) in [5, 5.41) is 4.28. The summed E-state index contributed by atoms with van der Waals surface area (Å²) in [6.45, 7) is 10.4. The summed E-state index contributed by atoms with van der Waals surface area (Å²) < 4.78 is 12.1. The van der Waals surface area contributed by atoms with Crippen molar-refractivity contribution in [2.24, 2.45) is 0 Å². The lowest BCUT2D eigenvalue weighted by molar-refractivity contribution is 0.573. The third kappa shape index (κ3) is 2.80. The molecular formula is C27H22O2. The summed E-state index contributed by atoms with van der Waals surface area (Å²) in [5.74, 6) is 0. The van der Waals surface area contributed by atoms with E-state index in [1.165, 1.54) is 5.56 Å². The van der Waals surface area contributed by atoms with E-state index in [1.54, 1.807) is 0 Å². The summed E-state index contributed by atoms with van der Waals surface area (Å²) >= 11 is 0. The van der Waals surface area contributed by atoms with Crippen LogP contribution in [0.4, 0.5) is 0 Å².